The van der Waals surface area contributed by atoms with E-state index in [0.717, 1.165) is 32.1 Å². The molecule has 1 fully saturated rings. The van der Waals surface area contributed by atoms with Crippen LogP contribution in [0, 0.1) is 11.3 Å². The van der Waals surface area contributed by atoms with E-state index in [0.29, 0.717) is 10.8 Å². The summed E-state index contributed by atoms with van der Waals surface area (Å²) >= 11 is 1.23. The van der Waals surface area contributed by atoms with Gasteiger partial charge in [-0.2, -0.15) is 9.94 Å². The number of phenols is 1. The molecule has 0 aliphatic heterocycles. The number of rotatable bonds is 5. The Morgan fingerprint density at radius 1 is 1.35 bits per heavy atom. The predicted molar refractivity (Wildman–Crippen MR) is 95.7 cm³/mol. The average molecular weight is 372 g/mol. The van der Waals surface area contributed by atoms with Gasteiger partial charge in [-0.25, -0.2) is 0 Å². The third-order valence-electron chi connectivity index (χ3n) is 4.76. The highest BCUT2D eigenvalue weighted by Gasteiger charge is 2.38. The molecule has 26 heavy (non-hydrogen) atoms. The second-order valence-electron chi connectivity index (χ2n) is 6.34. The van der Waals surface area contributed by atoms with Gasteiger partial charge in [0.2, 0.25) is 11.1 Å². The molecule has 0 bridgehead atoms. The quantitative estimate of drug-likeness (QED) is 0.801. The van der Waals surface area contributed by atoms with Crippen LogP contribution in [0.25, 0.3) is 5.69 Å². The van der Waals surface area contributed by atoms with Gasteiger partial charge >= 0.3 is 0 Å². The number of thioether (sulfide) groups is 1. The molecule has 1 aliphatic rings. The molecule has 8 nitrogen and oxygen atoms in total. The van der Waals surface area contributed by atoms with Gasteiger partial charge < -0.3 is 10.0 Å². The first-order valence-corrected chi connectivity index (χ1v) is 9.43. The summed E-state index contributed by atoms with van der Waals surface area (Å²) in [7, 11) is 1.71. The minimum atomic E-state index is -0.696. The Kier molecular flexibility index (Phi) is 5.42. The van der Waals surface area contributed by atoms with E-state index in [1.54, 1.807) is 36.2 Å². The van der Waals surface area contributed by atoms with Gasteiger partial charge in [-0.3, -0.25) is 4.79 Å². The number of carbonyl (C=O) groups is 1. The van der Waals surface area contributed by atoms with Gasteiger partial charge in [0, 0.05) is 7.05 Å². The Morgan fingerprint density at radius 3 is 2.69 bits per heavy atom. The van der Waals surface area contributed by atoms with Crippen LogP contribution < -0.4 is 0 Å². The Morgan fingerprint density at radius 2 is 2.04 bits per heavy atom. The van der Waals surface area contributed by atoms with E-state index in [1.807, 2.05) is 0 Å². The first kappa shape index (κ1) is 18.2. The highest BCUT2D eigenvalue weighted by molar-refractivity contribution is 7.99. The van der Waals surface area contributed by atoms with Gasteiger partial charge in [0.1, 0.15) is 11.3 Å². The molecule has 0 unspecified atom stereocenters. The standard InChI is InChI=1S/C17H20N6O2S/c1-22(17(12-18)9-3-2-4-10-17)15(25)11-26-16-19-20-21-23(16)13-5-7-14(24)8-6-13/h5-8,24H,2-4,9-11H2,1H3. The van der Waals surface area contributed by atoms with Crippen molar-refractivity contribution in [3.8, 4) is 17.5 Å². The third kappa shape index (κ3) is 3.65. The first-order chi connectivity index (χ1) is 12.6. The van der Waals surface area contributed by atoms with Crippen molar-refractivity contribution < 1.29 is 9.90 Å². The molecule has 0 spiro atoms. The predicted octanol–water partition coefficient (Wildman–Crippen LogP) is 2.14. The number of tetrazole rings is 1. The van der Waals surface area contributed by atoms with Crippen molar-refractivity contribution in [3.05, 3.63) is 24.3 Å². The third-order valence-corrected chi connectivity index (χ3v) is 5.67. The summed E-state index contributed by atoms with van der Waals surface area (Å²) < 4.78 is 1.51. The van der Waals surface area contributed by atoms with Crippen LogP contribution in [0.3, 0.4) is 0 Å². The fraction of sp³-hybridized carbons (Fsp3) is 0.471. The maximum absolute atomic E-state index is 12.6. The molecule has 2 aromatic rings. The van der Waals surface area contributed by atoms with Crippen LogP contribution in [0.4, 0.5) is 0 Å². The molecule has 0 atom stereocenters. The van der Waals surface area contributed by atoms with Gasteiger partial charge in [0.25, 0.3) is 0 Å². The molecule has 9 heteroatoms. The molecule has 1 aromatic heterocycles. The molecule has 1 N–H and O–H groups in total. The van der Waals surface area contributed by atoms with Gasteiger partial charge in [-0.05, 0) is 47.5 Å². The summed E-state index contributed by atoms with van der Waals surface area (Å²) in [4.78, 5) is 14.2. The lowest BCUT2D eigenvalue weighted by molar-refractivity contribution is -0.131. The SMILES string of the molecule is CN(C(=O)CSc1nnnn1-c1ccc(O)cc1)C1(C#N)CCCCC1. The zero-order chi connectivity index (χ0) is 18.6. The van der Waals surface area contributed by atoms with E-state index < -0.39 is 5.54 Å². The van der Waals surface area contributed by atoms with Crippen molar-refractivity contribution >= 4 is 17.7 Å². The van der Waals surface area contributed by atoms with Crippen LogP contribution in [-0.2, 0) is 4.79 Å². The number of aromatic hydroxyl groups is 1. The molecule has 0 radical (unpaired) electrons. The number of phenolic OH excluding ortho intramolecular Hbond substituents is 1. The Balaban J connectivity index is 1.68. The van der Waals surface area contributed by atoms with Crippen molar-refractivity contribution in [2.24, 2.45) is 0 Å². The Labute approximate surface area is 155 Å². The zero-order valence-electron chi connectivity index (χ0n) is 14.5. The molecule has 1 aromatic carbocycles. The lowest BCUT2D eigenvalue weighted by atomic mass is 9.81. The number of hydrogen-bond acceptors (Lipinski definition) is 7. The van der Waals surface area contributed by atoms with E-state index in [4.69, 9.17) is 0 Å². The number of hydrogen-bond donors (Lipinski definition) is 1. The molecule has 1 heterocycles. The van der Waals surface area contributed by atoms with E-state index in [-0.39, 0.29) is 17.4 Å². The highest BCUT2D eigenvalue weighted by atomic mass is 32.2. The summed E-state index contributed by atoms with van der Waals surface area (Å²) in [5, 5.41) is 31.1. The number of amides is 1. The van der Waals surface area contributed by atoms with Crippen LogP contribution in [0.2, 0.25) is 0 Å². The van der Waals surface area contributed by atoms with Crippen molar-refractivity contribution in [2.45, 2.75) is 42.8 Å². The second-order valence-corrected chi connectivity index (χ2v) is 7.28. The van der Waals surface area contributed by atoms with E-state index in [1.165, 1.54) is 16.4 Å². The first-order valence-electron chi connectivity index (χ1n) is 8.44. The molecule has 1 amide bonds. The summed E-state index contributed by atoms with van der Waals surface area (Å²) in [6, 6.07) is 8.83. The number of nitriles is 1. The van der Waals surface area contributed by atoms with Gasteiger partial charge in [-0.1, -0.05) is 31.0 Å². The lowest BCUT2D eigenvalue weighted by Gasteiger charge is -2.39. The van der Waals surface area contributed by atoms with Crippen LogP contribution in [0.15, 0.2) is 29.4 Å². The van der Waals surface area contributed by atoms with Crippen molar-refractivity contribution in [2.75, 3.05) is 12.8 Å². The largest absolute Gasteiger partial charge is 0.508 e. The van der Waals surface area contributed by atoms with Crippen LogP contribution >= 0.6 is 11.8 Å². The van der Waals surface area contributed by atoms with E-state index in [2.05, 4.69) is 21.6 Å². The summed E-state index contributed by atoms with van der Waals surface area (Å²) in [5.74, 6) is 0.194. The smallest absolute Gasteiger partial charge is 0.234 e. The minimum Gasteiger partial charge on any atom is -0.508 e. The summed E-state index contributed by atoms with van der Waals surface area (Å²) in [6.45, 7) is 0. The van der Waals surface area contributed by atoms with Crippen molar-refractivity contribution in [1.82, 2.24) is 25.1 Å². The number of nitrogens with zero attached hydrogens (tertiary/aromatic N) is 6. The summed E-state index contributed by atoms with van der Waals surface area (Å²) in [5.41, 5.74) is -0.00411. The highest BCUT2D eigenvalue weighted by Crippen LogP contribution is 2.33. The molecule has 0 saturated heterocycles. The van der Waals surface area contributed by atoms with Gasteiger partial charge in [-0.15, -0.1) is 5.10 Å². The number of carbonyl (C=O) groups excluding carboxylic acids is 1. The normalized spacial score (nSPS) is 16.0. The fourth-order valence-corrected chi connectivity index (χ4v) is 3.95. The van der Waals surface area contributed by atoms with E-state index >= 15 is 0 Å². The summed E-state index contributed by atoms with van der Waals surface area (Å²) in [6.07, 6.45) is 4.50. The molecule has 1 aliphatic carbocycles. The molecular weight excluding hydrogens is 352 g/mol. The molecule has 136 valence electrons. The van der Waals surface area contributed by atoms with Crippen molar-refractivity contribution in [3.63, 3.8) is 0 Å². The number of benzene rings is 1. The minimum absolute atomic E-state index is 0.112. The topological polar surface area (TPSA) is 108 Å². The van der Waals surface area contributed by atoms with Gasteiger partial charge in [0.05, 0.1) is 17.5 Å². The second kappa shape index (κ2) is 7.74. The Hall–Kier alpha value is -2.60. The van der Waals surface area contributed by atoms with Crippen LogP contribution in [0.5, 0.6) is 5.75 Å². The van der Waals surface area contributed by atoms with Crippen LogP contribution in [-0.4, -0.2) is 54.5 Å². The molecular formula is C17H20N6O2S. The molecule has 3 rings (SSSR count). The maximum atomic E-state index is 12.6. The van der Waals surface area contributed by atoms with Crippen molar-refractivity contribution in [1.29, 1.82) is 5.26 Å². The average Bonchev–Trinajstić information content (AvgIpc) is 3.15. The maximum Gasteiger partial charge on any atom is 0.234 e. The fourth-order valence-electron chi connectivity index (χ4n) is 3.15. The lowest BCUT2D eigenvalue weighted by Crippen LogP contribution is -2.50. The zero-order valence-corrected chi connectivity index (χ0v) is 15.3. The molecule has 1 saturated carbocycles. The number of aromatic nitrogens is 4. The van der Waals surface area contributed by atoms with Crippen LogP contribution in [0.1, 0.15) is 32.1 Å². The van der Waals surface area contributed by atoms with Gasteiger partial charge in [0.15, 0.2) is 0 Å². The monoisotopic (exact) mass is 372 g/mol. The Bertz CT molecular complexity index is 807. The van der Waals surface area contributed by atoms with E-state index in [9.17, 15) is 15.2 Å².